The molecule has 0 saturated heterocycles. The number of rotatable bonds is 1. The van der Waals surface area contributed by atoms with E-state index in [2.05, 4.69) is 15.9 Å². The Morgan fingerprint density at radius 1 is 1.80 bits per heavy atom. The second-order valence-corrected chi connectivity index (χ2v) is 1.67. The molecule has 0 aliphatic heterocycles. The van der Waals surface area contributed by atoms with E-state index in [1.54, 1.807) is 6.07 Å². The maximum Gasteiger partial charge on any atom is 0.337 e. The number of ether oxygens (including phenoxy) is 1. The Morgan fingerprint density at radius 2 is 2.60 bits per heavy atom. The quantitative estimate of drug-likeness (QED) is 0.532. The van der Waals surface area contributed by atoms with Crippen molar-refractivity contribution >= 4 is 5.97 Å². The third-order valence-corrected chi connectivity index (χ3v) is 1.04. The van der Waals surface area contributed by atoms with Crippen LogP contribution in [-0.4, -0.2) is 18.1 Å². The number of carbonyl (C=O) groups excluding carboxylic acids is 1. The van der Waals surface area contributed by atoms with Crippen molar-refractivity contribution in [3.05, 3.63) is 30.1 Å². The van der Waals surface area contributed by atoms with Crippen molar-refractivity contribution < 1.29 is 9.53 Å². The highest BCUT2D eigenvalue weighted by Crippen LogP contribution is 1.96. The molecule has 0 aromatic carbocycles. The SMILES string of the molecule is COC(=O)c1c[c]ncc1. The summed E-state index contributed by atoms with van der Waals surface area (Å²) < 4.78 is 4.45. The van der Waals surface area contributed by atoms with Gasteiger partial charge in [-0.1, -0.05) is 0 Å². The van der Waals surface area contributed by atoms with Gasteiger partial charge < -0.3 is 4.74 Å². The Hall–Kier alpha value is -1.38. The molecule has 1 aromatic rings. The molecular weight excluding hydrogens is 130 g/mol. The van der Waals surface area contributed by atoms with E-state index >= 15 is 0 Å². The van der Waals surface area contributed by atoms with Gasteiger partial charge in [-0.3, -0.25) is 4.98 Å². The van der Waals surface area contributed by atoms with Crippen LogP contribution >= 0.6 is 0 Å². The van der Waals surface area contributed by atoms with Crippen LogP contribution in [-0.2, 0) is 4.74 Å². The first-order valence-electron chi connectivity index (χ1n) is 2.75. The van der Waals surface area contributed by atoms with Crippen LogP contribution in [0.25, 0.3) is 0 Å². The van der Waals surface area contributed by atoms with Gasteiger partial charge in [0.15, 0.2) is 0 Å². The fourth-order valence-corrected chi connectivity index (χ4v) is 0.560. The number of nitrogens with zero attached hydrogens (tertiary/aromatic N) is 1. The Labute approximate surface area is 58.7 Å². The maximum atomic E-state index is 10.7. The molecule has 0 aliphatic rings. The normalized spacial score (nSPS) is 8.90. The molecule has 0 aliphatic carbocycles. The summed E-state index contributed by atoms with van der Waals surface area (Å²) >= 11 is 0. The lowest BCUT2D eigenvalue weighted by molar-refractivity contribution is 0.0600. The minimum absolute atomic E-state index is 0.362. The van der Waals surface area contributed by atoms with E-state index in [1.165, 1.54) is 19.4 Å². The lowest BCUT2D eigenvalue weighted by Gasteiger charge is -1.94. The molecule has 0 fully saturated rings. The van der Waals surface area contributed by atoms with Gasteiger partial charge in [0, 0.05) is 6.20 Å². The van der Waals surface area contributed by atoms with E-state index in [-0.39, 0.29) is 5.97 Å². The Morgan fingerprint density at radius 3 is 3.10 bits per heavy atom. The molecule has 3 nitrogen and oxygen atoms in total. The highest BCUT2D eigenvalue weighted by Gasteiger charge is 2.01. The molecule has 1 radical (unpaired) electrons. The van der Waals surface area contributed by atoms with Gasteiger partial charge >= 0.3 is 5.97 Å². The molecular formula is C7H6NO2. The van der Waals surface area contributed by atoms with Crippen molar-refractivity contribution in [2.75, 3.05) is 7.11 Å². The highest BCUT2D eigenvalue weighted by atomic mass is 16.5. The summed E-state index contributed by atoms with van der Waals surface area (Å²) in [6.07, 6.45) is 4.02. The van der Waals surface area contributed by atoms with Crippen LogP contribution in [0.4, 0.5) is 0 Å². The van der Waals surface area contributed by atoms with Crippen molar-refractivity contribution in [1.82, 2.24) is 4.98 Å². The monoisotopic (exact) mass is 136 g/mol. The van der Waals surface area contributed by atoms with Crippen molar-refractivity contribution in [2.24, 2.45) is 0 Å². The third-order valence-electron chi connectivity index (χ3n) is 1.04. The molecule has 0 saturated carbocycles. The predicted molar refractivity (Wildman–Crippen MR) is 34.4 cm³/mol. The zero-order valence-corrected chi connectivity index (χ0v) is 5.50. The minimum Gasteiger partial charge on any atom is -0.465 e. The lowest BCUT2D eigenvalue weighted by Crippen LogP contribution is -2.00. The molecule has 1 aromatic heterocycles. The molecule has 0 amide bonds. The zero-order valence-electron chi connectivity index (χ0n) is 5.50. The van der Waals surface area contributed by atoms with Gasteiger partial charge in [0.2, 0.25) is 0 Å². The van der Waals surface area contributed by atoms with E-state index in [0.717, 1.165) is 0 Å². The van der Waals surface area contributed by atoms with Crippen molar-refractivity contribution in [3.63, 3.8) is 0 Å². The summed E-state index contributed by atoms with van der Waals surface area (Å²) in [6.45, 7) is 0. The van der Waals surface area contributed by atoms with Crippen LogP contribution in [0.2, 0.25) is 0 Å². The Bertz CT molecular complexity index is 220. The number of carbonyl (C=O) groups is 1. The Balaban J connectivity index is 2.85. The molecule has 1 heterocycles. The molecule has 51 valence electrons. The van der Waals surface area contributed by atoms with Crippen LogP contribution in [0.3, 0.4) is 0 Å². The van der Waals surface area contributed by atoms with E-state index < -0.39 is 0 Å². The van der Waals surface area contributed by atoms with Crippen LogP contribution in [0, 0.1) is 6.20 Å². The number of hydrogen-bond acceptors (Lipinski definition) is 3. The number of esters is 1. The third kappa shape index (κ3) is 1.31. The van der Waals surface area contributed by atoms with Gasteiger partial charge in [0.1, 0.15) is 0 Å². The van der Waals surface area contributed by atoms with Gasteiger partial charge in [-0.05, 0) is 12.1 Å². The fourth-order valence-electron chi connectivity index (χ4n) is 0.560. The van der Waals surface area contributed by atoms with E-state index in [4.69, 9.17) is 0 Å². The van der Waals surface area contributed by atoms with Crippen molar-refractivity contribution in [3.8, 4) is 0 Å². The highest BCUT2D eigenvalue weighted by molar-refractivity contribution is 5.88. The smallest absolute Gasteiger partial charge is 0.337 e. The lowest BCUT2D eigenvalue weighted by atomic mass is 10.3. The fraction of sp³-hybridized carbons (Fsp3) is 0.143. The summed E-state index contributed by atoms with van der Waals surface area (Å²) in [5.41, 5.74) is 0.470. The second kappa shape index (κ2) is 2.96. The molecule has 3 heteroatoms. The minimum atomic E-state index is -0.362. The van der Waals surface area contributed by atoms with Gasteiger partial charge in [-0.25, -0.2) is 4.79 Å². The summed E-state index contributed by atoms with van der Waals surface area (Å²) in [7, 11) is 1.34. The molecule has 0 N–H and O–H groups in total. The number of aromatic nitrogens is 1. The average molecular weight is 136 g/mol. The van der Waals surface area contributed by atoms with Gasteiger partial charge in [0.05, 0.1) is 18.9 Å². The van der Waals surface area contributed by atoms with Crippen molar-refractivity contribution in [1.29, 1.82) is 0 Å². The molecule has 0 unspecified atom stereocenters. The van der Waals surface area contributed by atoms with Gasteiger partial charge in [-0.15, -0.1) is 0 Å². The topological polar surface area (TPSA) is 39.2 Å². The molecule has 0 bridgehead atoms. The number of hydrogen-bond donors (Lipinski definition) is 0. The summed E-state index contributed by atoms with van der Waals surface area (Å²) in [5.74, 6) is -0.362. The van der Waals surface area contributed by atoms with E-state index in [1.807, 2.05) is 0 Å². The first kappa shape index (κ1) is 6.74. The standard InChI is InChI=1S/C7H6NO2/c1-10-7(9)6-2-4-8-5-3-6/h2-4H,1H3. The van der Waals surface area contributed by atoms with Gasteiger partial charge in [-0.2, -0.15) is 0 Å². The molecule has 0 atom stereocenters. The molecule has 0 spiro atoms. The number of pyridine rings is 1. The van der Waals surface area contributed by atoms with Crippen LogP contribution in [0.5, 0.6) is 0 Å². The van der Waals surface area contributed by atoms with E-state index in [9.17, 15) is 4.79 Å². The van der Waals surface area contributed by atoms with E-state index in [0.29, 0.717) is 5.56 Å². The summed E-state index contributed by atoms with van der Waals surface area (Å²) in [6, 6.07) is 3.05. The largest absolute Gasteiger partial charge is 0.465 e. The molecule has 1 rings (SSSR count). The number of methoxy groups -OCH3 is 1. The zero-order chi connectivity index (χ0) is 7.40. The van der Waals surface area contributed by atoms with Crippen LogP contribution in [0.15, 0.2) is 18.3 Å². The van der Waals surface area contributed by atoms with Gasteiger partial charge in [0.25, 0.3) is 0 Å². The first-order valence-corrected chi connectivity index (χ1v) is 2.75. The summed E-state index contributed by atoms with van der Waals surface area (Å²) in [4.78, 5) is 14.4. The van der Waals surface area contributed by atoms with Crippen molar-refractivity contribution in [2.45, 2.75) is 0 Å². The Kier molecular flexibility index (Phi) is 1.99. The summed E-state index contributed by atoms with van der Waals surface area (Å²) in [5, 5.41) is 0. The first-order chi connectivity index (χ1) is 4.84. The predicted octanol–water partition coefficient (Wildman–Crippen LogP) is 0.668. The second-order valence-electron chi connectivity index (χ2n) is 1.67. The maximum absolute atomic E-state index is 10.7. The molecule has 10 heavy (non-hydrogen) atoms. The average Bonchev–Trinajstić information content (AvgIpc) is 2.05. The van der Waals surface area contributed by atoms with Crippen LogP contribution in [0.1, 0.15) is 10.4 Å². The van der Waals surface area contributed by atoms with Crippen LogP contribution < -0.4 is 0 Å².